The second kappa shape index (κ2) is 4.12. The van der Waals surface area contributed by atoms with E-state index >= 15 is 0 Å². The van der Waals surface area contributed by atoms with Crippen LogP contribution in [-0.2, 0) is 4.79 Å². The number of rotatable bonds is 3. The summed E-state index contributed by atoms with van der Waals surface area (Å²) in [5.74, 6) is 6.31. The van der Waals surface area contributed by atoms with Crippen LogP contribution in [0, 0.1) is 23.7 Å². The summed E-state index contributed by atoms with van der Waals surface area (Å²) in [6, 6.07) is 0. The zero-order chi connectivity index (χ0) is 10.3. The maximum atomic E-state index is 12.1. The van der Waals surface area contributed by atoms with Gasteiger partial charge in [0.1, 0.15) is 5.78 Å². The molecule has 1 nitrogen and oxygen atoms in total. The van der Waals surface area contributed by atoms with Crippen molar-refractivity contribution in [1.82, 2.24) is 0 Å². The molecule has 3 rings (SSSR count). The van der Waals surface area contributed by atoms with Gasteiger partial charge in [-0.05, 0) is 61.4 Å². The minimum absolute atomic E-state index is 0.475. The van der Waals surface area contributed by atoms with Gasteiger partial charge in [0.15, 0.2) is 0 Å². The quantitative estimate of drug-likeness (QED) is 0.732. The molecular weight excluding hydrogens is 204 g/mol. The third-order valence-corrected chi connectivity index (χ3v) is 5.58. The first kappa shape index (κ1) is 10.2. The van der Waals surface area contributed by atoms with Crippen LogP contribution in [0.2, 0.25) is 0 Å². The summed E-state index contributed by atoms with van der Waals surface area (Å²) in [5.41, 5.74) is 0. The lowest BCUT2D eigenvalue weighted by molar-refractivity contribution is -0.124. The van der Waals surface area contributed by atoms with Crippen molar-refractivity contribution in [3.05, 3.63) is 0 Å². The number of carbonyl (C=O) groups is 1. The molecule has 1 saturated heterocycles. The van der Waals surface area contributed by atoms with Crippen molar-refractivity contribution in [1.29, 1.82) is 0 Å². The number of fused-ring (bicyclic) bond motifs is 1. The summed E-state index contributed by atoms with van der Waals surface area (Å²) in [4.78, 5) is 12.1. The second-order valence-electron chi connectivity index (χ2n) is 5.65. The Balaban J connectivity index is 1.47. The van der Waals surface area contributed by atoms with Crippen molar-refractivity contribution in [2.24, 2.45) is 23.7 Å². The Labute approximate surface area is 96.4 Å². The summed E-state index contributed by atoms with van der Waals surface area (Å²) < 4.78 is 0. The molecule has 0 aromatic carbocycles. The van der Waals surface area contributed by atoms with Crippen molar-refractivity contribution in [2.45, 2.75) is 38.5 Å². The first-order chi connectivity index (χ1) is 7.33. The molecule has 84 valence electrons. The molecule has 3 aliphatic rings. The number of Topliss-reactive ketones (excluding diaryl/α,β-unsaturated/α-hetero) is 1. The number of hydrogen-bond acceptors (Lipinski definition) is 2. The van der Waals surface area contributed by atoms with E-state index in [9.17, 15) is 4.79 Å². The summed E-state index contributed by atoms with van der Waals surface area (Å²) in [7, 11) is 0. The largest absolute Gasteiger partial charge is 0.299 e. The fraction of sp³-hybridized carbons (Fsp3) is 0.923. The fourth-order valence-electron chi connectivity index (χ4n) is 3.38. The Morgan fingerprint density at radius 3 is 2.40 bits per heavy atom. The van der Waals surface area contributed by atoms with Crippen LogP contribution >= 0.6 is 11.8 Å². The molecule has 1 aliphatic heterocycles. The molecular formula is C13H20OS. The van der Waals surface area contributed by atoms with Crippen LogP contribution in [0.15, 0.2) is 0 Å². The average molecular weight is 224 g/mol. The third-order valence-electron chi connectivity index (χ3n) is 4.53. The van der Waals surface area contributed by atoms with Gasteiger partial charge in [-0.15, -0.1) is 0 Å². The normalized spacial score (nSPS) is 40.1. The van der Waals surface area contributed by atoms with Gasteiger partial charge in [-0.1, -0.05) is 0 Å². The number of thioether (sulfide) groups is 1. The van der Waals surface area contributed by atoms with E-state index in [0.29, 0.717) is 11.7 Å². The van der Waals surface area contributed by atoms with Crippen molar-refractivity contribution in [2.75, 3.05) is 11.5 Å². The predicted octanol–water partition coefficient (Wildman–Crippen LogP) is 3.13. The van der Waals surface area contributed by atoms with E-state index in [-0.39, 0.29) is 0 Å². The molecule has 0 amide bonds. The summed E-state index contributed by atoms with van der Waals surface area (Å²) >= 11 is 2.05. The van der Waals surface area contributed by atoms with Gasteiger partial charge in [-0.25, -0.2) is 0 Å². The molecule has 2 unspecified atom stereocenters. The van der Waals surface area contributed by atoms with Gasteiger partial charge in [0.25, 0.3) is 0 Å². The lowest BCUT2D eigenvalue weighted by Crippen LogP contribution is -2.19. The summed E-state index contributed by atoms with van der Waals surface area (Å²) in [6.45, 7) is 0. The van der Waals surface area contributed by atoms with Gasteiger partial charge in [0.2, 0.25) is 0 Å². The zero-order valence-electron chi connectivity index (χ0n) is 9.28. The Morgan fingerprint density at radius 2 is 1.73 bits per heavy atom. The van der Waals surface area contributed by atoms with Crippen LogP contribution in [0.25, 0.3) is 0 Å². The molecule has 1 heterocycles. The van der Waals surface area contributed by atoms with E-state index in [1.54, 1.807) is 0 Å². The number of hydrogen-bond donors (Lipinski definition) is 0. The van der Waals surface area contributed by atoms with Crippen LogP contribution < -0.4 is 0 Å². The minimum atomic E-state index is 0.475. The van der Waals surface area contributed by atoms with Gasteiger partial charge in [0.05, 0.1) is 0 Å². The highest BCUT2D eigenvalue weighted by Gasteiger charge is 2.47. The van der Waals surface area contributed by atoms with E-state index in [1.807, 2.05) is 0 Å². The Hall–Kier alpha value is 0.0200. The molecule has 0 spiro atoms. The minimum Gasteiger partial charge on any atom is -0.299 e. The molecule has 2 saturated carbocycles. The Bertz CT molecular complexity index is 247. The predicted molar refractivity (Wildman–Crippen MR) is 64.0 cm³/mol. The van der Waals surface area contributed by atoms with Crippen molar-refractivity contribution in [3.8, 4) is 0 Å². The molecule has 0 aromatic heterocycles. The van der Waals surface area contributed by atoms with E-state index in [1.165, 1.54) is 43.6 Å². The van der Waals surface area contributed by atoms with Gasteiger partial charge >= 0.3 is 0 Å². The van der Waals surface area contributed by atoms with Gasteiger partial charge < -0.3 is 0 Å². The lowest BCUT2D eigenvalue weighted by atomic mass is 9.88. The van der Waals surface area contributed by atoms with Crippen LogP contribution in [0.4, 0.5) is 0 Å². The average Bonchev–Trinajstić information content (AvgIpc) is 2.87. The monoisotopic (exact) mass is 224 g/mol. The number of ketones is 1. The first-order valence-corrected chi connectivity index (χ1v) is 7.59. The highest BCUT2D eigenvalue weighted by Crippen LogP contribution is 2.54. The zero-order valence-corrected chi connectivity index (χ0v) is 10.1. The molecule has 0 bridgehead atoms. The molecule has 3 fully saturated rings. The topological polar surface area (TPSA) is 17.1 Å². The van der Waals surface area contributed by atoms with Gasteiger partial charge in [-0.2, -0.15) is 11.8 Å². The smallest absolute Gasteiger partial charge is 0.136 e. The molecule has 15 heavy (non-hydrogen) atoms. The molecule has 0 radical (unpaired) electrons. The molecule has 0 N–H and O–H groups in total. The SMILES string of the molecule is O=C(CC1CCSCC1)C1CC2CC2C1. The lowest BCUT2D eigenvalue weighted by Gasteiger charge is -2.22. The fourth-order valence-corrected chi connectivity index (χ4v) is 4.58. The van der Waals surface area contributed by atoms with Gasteiger partial charge in [-0.3, -0.25) is 4.79 Å². The van der Waals surface area contributed by atoms with Gasteiger partial charge in [0, 0.05) is 12.3 Å². The van der Waals surface area contributed by atoms with Crippen molar-refractivity contribution >= 4 is 17.5 Å². The summed E-state index contributed by atoms with van der Waals surface area (Å²) in [5, 5.41) is 0. The molecule has 2 aliphatic carbocycles. The third kappa shape index (κ3) is 2.25. The van der Waals surface area contributed by atoms with Crippen LogP contribution in [0.1, 0.15) is 38.5 Å². The second-order valence-corrected chi connectivity index (χ2v) is 6.88. The first-order valence-electron chi connectivity index (χ1n) is 6.43. The van der Waals surface area contributed by atoms with E-state index in [4.69, 9.17) is 0 Å². The Morgan fingerprint density at radius 1 is 1.07 bits per heavy atom. The molecule has 2 atom stereocenters. The van der Waals surface area contributed by atoms with Crippen molar-refractivity contribution in [3.63, 3.8) is 0 Å². The molecule has 2 heteroatoms. The van der Waals surface area contributed by atoms with E-state index in [0.717, 1.165) is 24.2 Å². The van der Waals surface area contributed by atoms with Crippen LogP contribution in [0.5, 0.6) is 0 Å². The Kier molecular flexibility index (Phi) is 2.80. The van der Waals surface area contributed by atoms with E-state index < -0.39 is 0 Å². The highest BCUT2D eigenvalue weighted by atomic mass is 32.2. The maximum absolute atomic E-state index is 12.1. The van der Waals surface area contributed by atoms with Crippen molar-refractivity contribution < 1.29 is 4.79 Å². The maximum Gasteiger partial charge on any atom is 0.136 e. The summed E-state index contributed by atoms with van der Waals surface area (Å²) in [6.07, 6.45) is 7.40. The highest BCUT2D eigenvalue weighted by molar-refractivity contribution is 7.99. The van der Waals surface area contributed by atoms with Crippen LogP contribution in [-0.4, -0.2) is 17.3 Å². The number of carbonyl (C=O) groups excluding carboxylic acids is 1. The standard InChI is InChI=1S/C13H20OS/c14-13(5-9-1-3-15-4-2-9)12-7-10-6-11(10)8-12/h9-12H,1-8H2. The van der Waals surface area contributed by atoms with E-state index in [2.05, 4.69) is 11.8 Å². The molecule has 0 aromatic rings. The van der Waals surface area contributed by atoms with Crippen LogP contribution in [0.3, 0.4) is 0 Å².